The van der Waals surface area contributed by atoms with Crippen LogP contribution in [0.15, 0.2) is 24.3 Å². The number of amides is 1. The van der Waals surface area contributed by atoms with Crippen LogP contribution in [0.5, 0.6) is 5.75 Å². The quantitative estimate of drug-likeness (QED) is 0.580. The van der Waals surface area contributed by atoms with E-state index in [-0.39, 0.29) is 12.3 Å². The van der Waals surface area contributed by atoms with Crippen LogP contribution in [0.25, 0.3) is 0 Å². The lowest BCUT2D eigenvalue weighted by Crippen LogP contribution is -2.13. The zero-order valence-corrected chi connectivity index (χ0v) is 9.11. The molecule has 0 heterocycles. The van der Waals surface area contributed by atoms with Crippen molar-refractivity contribution in [2.45, 2.75) is 19.3 Å². The molecule has 0 unspecified atom stereocenters. The van der Waals surface area contributed by atoms with Gasteiger partial charge in [-0.3, -0.25) is 4.79 Å². The summed E-state index contributed by atoms with van der Waals surface area (Å²) in [5.74, 6) is 2.95. The normalized spacial score (nSPS) is 9.44. The van der Waals surface area contributed by atoms with Crippen LogP contribution in [0.4, 0.5) is 0 Å². The van der Waals surface area contributed by atoms with Gasteiger partial charge in [0, 0.05) is 6.42 Å². The average molecular weight is 217 g/mol. The van der Waals surface area contributed by atoms with Crippen molar-refractivity contribution in [2.75, 3.05) is 6.61 Å². The van der Waals surface area contributed by atoms with E-state index >= 15 is 0 Å². The summed E-state index contributed by atoms with van der Waals surface area (Å²) >= 11 is 0. The van der Waals surface area contributed by atoms with Gasteiger partial charge < -0.3 is 10.5 Å². The van der Waals surface area contributed by atoms with Gasteiger partial charge in [-0.1, -0.05) is 12.1 Å². The summed E-state index contributed by atoms with van der Waals surface area (Å²) in [4.78, 5) is 10.7. The van der Waals surface area contributed by atoms with E-state index in [1.54, 1.807) is 0 Å². The lowest BCUT2D eigenvalue weighted by atomic mass is 10.1. The van der Waals surface area contributed by atoms with Crippen molar-refractivity contribution in [3.63, 3.8) is 0 Å². The highest BCUT2D eigenvalue weighted by molar-refractivity contribution is 5.76. The standard InChI is InChI=1S/C13H15NO2/c1-2-3-4-8-16-12-7-5-6-11(9-12)10-13(14)15/h1,5-7,9H,3-4,8,10H2,(H2,14,15). The van der Waals surface area contributed by atoms with Crippen LogP contribution in [0.1, 0.15) is 18.4 Å². The topological polar surface area (TPSA) is 52.3 Å². The van der Waals surface area contributed by atoms with Crippen molar-refractivity contribution in [2.24, 2.45) is 5.73 Å². The second kappa shape index (κ2) is 6.52. The maximum atomic E-state index is 10.7. The van der Waals surface area contributed by atoms with Gasteiger partial charge in [0.25, 0.3) is 0 Å². The van der Waals surface area contributed by atoms with E-state index in [9.17, 15) is 4.79 Å². The van der Waals surface area contributed by atoms with Gasteiger partial charge >= 0.3 is 0 Å². The Morgan fingerprint density at radius 3 is 3.00 bits per heavy atom. The van der Waals surface area contributed by atoms with Crippen molar-refractivity contribution in [3.8, 4) is 18.1 Å². The number of carbonyl (C=O) groups is 1. The molecule has 1 aromatic carbocycles. The molecule has 0 saturated carbocycles. The van der Waals surface area contributed by atoms with Crippen LogP contribution in [-0.2, 0) is 11.2 Å². The second-order valence-corrected chi connectivity index (χ2v) is 3.45. The Bertz CT molecular complexity index is 393. The van der Waals surface area contributed by atoms with Crippen molar-refractivity contribution in [3.05, 3.63) is 29.8 Å². The first-order chi connectivity index (χ1) is 7.72. The Hall–Kier alpha value is -1.95. The first-order valence-corrected chi connectivity index (χ1v) is 5.16. The minimum Gasteiger partial charge on any atom is -0.494 e. The van der Waals surface area contributed by atoms with Crippen LogP contribution in [-0.4, -0.2) is 12.5 Å². The maximum Gasteiger partial charge on any atom is 0.221 e. The third kappa shape index (κ3) is 4.52. The van der Waals surface area contributed by atoms with Gasteiger partial charge in [-0.05, 0) is 24.1 Å². The van der Waals surface area contributed by atoms with Gasteiger partial charge in [0.2, 0.25) is 5.91 Å². The van der Waals surface area contributed by atoms with E-state index in [2.05, 4.69) is 5.92 Å². The Morgan fingerprint density at radius 1 is 1.50 bits per heavy atom. The second-order valence-electron chi connectivity index (χ2n) is 3.45. The van der Waals surface area contributed by atoms with Crippen LogP contribution < -0.4 is 10.5 Å². The molecular formula is C13H15NO2. The molecule has 0 fully saturated rings. The Kier molecular flexibility index (Phi) is 4.94. The zero-order chi connectivity index (χ0) is 11.8. The summed E-state index contributed by atoms with van der Waals surface area (Å²) in [6.45, 7) is 0.588. The van der Waals surface area contributed by atoms with Crippen molar-refractivity contribution >= 4 is 5.91 Å². The van der Waals surface area contributed by atoms with E-state index in [4.69, 9.17) is 16.9 Å². The molecule has 84 valence electrons. The van der Waals surface area contributed by atoms with Gasteiger partial charge in [0.1, 0.15) is 5.75 Å². The van der Waals surface area contributed by atoms with E-state index in [0.717, 1.165) is 17.7 Å². The fourth-order valence-electron chi connectivity index (χ4n) is 1.31. The molecule has 16 heavy (non-hydrogen) atoms. The van der Waals surface area contributed by atoms with Gasteiger partial charge in [-0.25, -0.2) is 0 Å². The van der Waals surface area contributed by atoms with E-state index < -0.39 is 0 Å². The third-order valence-electron chi connectivity index (χ3n) is 2.01. The van der Waals surface area contributed by atoms with Gasteiger partial charge in [0.15, 0.2) is 0 Å². The SMILES string of the molecule is C#CCCCOc1cccc(CC(N)=O)c1. The monoisotopic (exact) mass is 217 g/mol. The molecule has 0 aliphatic heterocycles. The fourth-order valence-corrected chi connectivity index (χ4v) is 1.31. The van der Waals surface area contributed by atoms with E-state index in [1.807, 2.05) is 24.3 Å². The minimum atomic E-state index is -0.343. The van der Waals surface area contributed by atoms with Crippen LogP contribution in [0, 0.1) is 12.3 Å². The molecule has 0 aromatic heterocycles. The summed E-state index contributed by atoms with van der Waals surface area (Å²) in [6.07, 6.45) is 6.91. The number of carbonyl (C=O) groups excluding carboxylic acids is 1. The molecule has 0 radical (unpaired) electrons. The predicted octanol–water partition coefficient (Wildman–Crippen LogP) is 1.51. The molecule has 0 aliphatic rings. The highest BCUT2D eigenvalue weighted by Gasteiger charge is 2.00. The Labute approximate surface area is 95.6 Å². The first kappa shape index (κ1) is 12.1. The summed E-state index contributed by atoms with van der Waals surface area (Å²) in [5.41, 5.74) is 5.98. The zero-order valence-electron chi connectivity index (χ0n) is 9.11. The first-order valence-electron chi connectivity index (χ1n) is 5.16. The van der Waals surface area contributed by atoms with Gasteiger partial charge in [-0.2, -0.15) is 0 Å². The van der Waals surface area contributed by atoms with Crippen molar-refractivity contribution in [1.29, 1.82) is 0 Å². The smallest absolute Gasteiger partial charge is 0.221 e. The highest BCUT2D eigenvalue weighted by Crippen LogP contribution is 2.14. The van der Waals surface area contributed by atoms with Crippen LogP contribution in [0.2, 0.25) is 0 Å². The number of hydrogen-bond donors (Lipinski definition) is 1. The molecule has 0 saturated heterocycles. The van der Waals surface area contributed by atoms with Crippen LogP contribution in [0.3, 0.4) is 0 Å². The predicted molar refractivity (Wildman–Crippen MR) is 62.9 cm³/mol. The Morgan fingerprint density at radius 2 is 2.31 bits per heavy atom. The van der Waals surface area contributed by atoms with Gasteiger partial charge in [-0.15, -0.1) is 12.3 Å². The number of rotatable bonds is 6. The lowest BCUT2D eigenvalue weighted by Gasteiger charge is -2.06. The largest absolute Gasteiger partial charge is 0.494 e. The van der Waals surface area contributed by atoms with Crippen molar-refractivity contribution in [1.82, 2.24) is 0 Å². The number of hydrogen-bond acceptors (Lipinski definition) is 2. The Balaban J connectivity index is 2.47. The highest BCUT2D eigenvalue weighted by atomic mass is 16.5. The number of benzene rings is 1. The molecule has 0 spiro atoms. The molecule has 3 nitrogen and oxygen atoms in total. The maximum absolute atomic E-state index is 10.7. The lowest BCUT2D eigenvalue weighted by molar-refractivity contribution is -0.117. The molecule has 1 rings (SSSR count). The number of nitrogens with two attached hydrogens (primary N) is 1. The summed E-state index contributed by atoms with van der Waals surface area (Å²) in [5, 5.41) is 0. The average Bonchev–Trinajstić information content (AvgIpc) is 2.24. The molecule has 1 amide bonds. The van der Waals surface area contributed by atoms with Gasteiger partial charge in [0.05, 0.1) is 13.0 Å². The van der Waals surface area contributed by atoms with Crippen molar-refractivity contribution < 1.29 is 9.53 Å². The van der Waals surface area contributed by atoms with E-state index in [1.165, 1.54) is 0 Å². The summed E-state index contributed by atoms with van der Waals surface area (Å²) in [6, 6.07) is 7.36. The molecular weight excluding hydrogens is 202 g/mol. The summed E-state index contributed by atoms with van der Waals surface area (Å²) < 4.78 is 5.48. The van der Waals surface area contributed by atoms with Crippen LogP contribution >= 0.6 is 0 Å². The molecule has 0 aliphatic carbocycles. The number of unbranched alkanes of at least 4 members (excludes halogenated alkanes) is 1. The molecule has 2 N–H and O–H groups in total. The number of ether oxygens (including phenoxy) is 1. The molecule has 0 bridgehead atoms. The van der Waals surface area contributed by atoms with E-state index in [0.29, 0.717) is 13.0 Å². The minimum absolute atomic E-state index is 0.238. The molecule has 3 heteroatoms. The molecule has 1 aromatic rings. The third-order valence-corrected chi connectivity index (χ3v) is 2.01. The summed E-state index contributed by atoms with van der Waals surface area (Å²) in [7, 11) is 0. The number of primary amides is 1. The fraction of sp³-hybridized carbons (Fsp3) is 0.308. The molecule has 0 atom stereocenters. The number of terminal acetylenes is 1.